The highest BCUT2D eigenvalue weighted by atomic mass is 19.4. The summed E-state index contributed by atoms with van der Waals surface area (Å²) in [7, 11) is 1.41. The smallest absolute Gasteiger partial charge is 0.416 e. The molecule has 4 nitrogen and oxygen atoms in total. The molecule has 1 aliphatic carbocycles. The Hall–Kier alpha value is -2.75. The maximum absolute atomic E-state index is 13.9. The third kappa shape index (κ3) is 5.95. The highest BCUT2D eigenvalue weighted by Crippen LogP contribution is 2.50. The zero-order valence-corrected chi connectivity index (χ0v) is 25.2. The standard InChI is InChI=1S/C34H39F6NO3/c1-18(32(42)43-3)31(21-5-6-21)22-7-4-20-8-13-29(44-30(20)16-22)23-14-25-10-11-26(15-23)41(25)19(2)27-17-24(33(35,36)37)9-12-28(27)34(38,39)40/h4,7,9,12,16-19,21,23,25-26,29,31H,5-6,8,10-11,13-15H2,1-3H3/t18?,19-,23?,25-,26+,29?,31?/m0/s1. The third-order valence-electron chi connectivity index (χ3n) is 10.6. The van der Waals surface area contributed by atoms with E-state index in [1.807, 2.05) is 11.8 Å². The molecule has 1 saturated carbocycles. The summed E-state index contributed by atoms with van der Waals surface area (Å²) in [5.74, 6) is 1.06. The number of nitrogens with zero attached hydrogens (tertiary/aromatic N) is 1. The molecule has 2 aromatic rings. The molecule has 2 saturated heterocycles. The Balaban J connectivity index is 1.20. The Morgan fingerprint density at radius 3 is 2.18 bits per heavy atom. The van der Waals surface area contributed by atoms with E-state index in [0.717, 1.165) is 68.2 Å². The van der Waals surface area contributed by atoms with Crippen LogP contribution in [0.4, 0.5) is 26.3 Å². The van der Waals surface area contributed by atoms with Gasteiger partial charge >= 0.3 is 18.3 Å². The molecule has 10 heteroatoms. The quantitative estimate of drug-likeness (QED) is 0.229. The van der Waals surface area contributed by atoms with E-state index in [-0.39, 0.29) is 47.5 Å². The topological polar surface area (TPSA) is 38.8 Å². The summed E-state index contributed by atoms with van der Waals surface area (Å²) in [5, 5.41) is 0. The van der Waals surface area contributed by atoms with Crippen LogP contribution in [0.25, 0.3) is 0 Å². The summed E-state index contributed by atoms with van der Waals surface area (Å²) in [6.45, 7) is 3.52. The number of halogens is 6. The second kappa shape index (κ2) is 11.6. The lowest BCUT2D eigenvalue weighted by Crippen LogP contribution is -2.48. The number of ether oxygens (including phenoxy) is 2. The van der Waals surface area contributed by atoms with Crippen molar-refractivity contribution in [3.63, 3.8) is 0 Å². The minimum Gasteiger partial charge on any atom is -0.490 e. The van der Waals surface area contributed by atoms with Gasteiger partial charge in [0.25, 0.3) is 0 Å². The van der Waals surface area contributed by atoms with Crippen molar-refractivity contribution >= 4 is 5.97 Å². The fourth-order valence-electron chi connectivity index (χ4n) is 8.40. The number of hydrogen-bond donors (Lipinski definition) is 0. The van der Waals surface area contributed by atoms with Gasteiger partial charge in [0.15, 0.2) is 0 Å². The molecule has 6 rings (SSSR count). The lowest BCUT2D eigenvalue weighted by molar-refractivity contribution is -0.146. The monoisotopic (exact) mass is 623 g/mol. The number of piperidine rings is 1. The van der Waals surface area contributed by atoms with Crippen LogP contribution >= 0.6 is 0 Å². The molecule has 7 atom stereocenters. The van der Waals surface area contributed by atoms with Crippen LogP contribution in [0, 0.1) is 17.8 Å². The van der Waals surface area contributed by atoms with Crippen LogP contribution in [0.3, 0.4) is 0 Å². The average Bonchev–Trinajstić information content (AvgIpc) is 3.78. The van der Waals surface area contributed by atoms with Gasteiger partial charge in [-0.3, -0.25) is 9.69 Å². The van der Waals surface area contributed by atoms with Crippen molar-refractivity contribution in [3.05, 3.63) is 64.2 Å². The van der Waals surface area contributed by atoms with Gasteiger partial charge < -0.3 is 9.47 Å². The minimum absolute atomic E-state index is 0.0270. The van der Waals surface area contributed by atoms with Crippen molar-refractivity contribution in [2.24, 2.45) is 17.8 Å². The van der Waals surface area contributed by atoms with Gasteiger partial charge in [-0.15, -0.1) is 0 Å². The molecule has 240 valence electrons. The van der Waals surface area contributed by atoms with Crippen LogP contribution < -0.4 is 4.74 Å². The summed E-state index contributed by atoms with van der Waals surface area (Å²) in [6, 6.07) is 7.21. The number of fused-ring (bicyclic) bond motifs is 3. The average molecular weight is 624 g/mol. The number of aryl methyl sites for hydroxylation is 1. The lowest BCUT2D eigenvalue weighted by Gasteiger charge is -2.45. The Labute approximate surface area is 254 Å². The molecule has 0 spiro atoms. The number of carbonyl (C=O) groups excluding carboxylic acids is 1. The molecule has 0 radical (unpaired) electrons. The number of hydrogen-bond acceptors (Lipinski definition) is 4. The maximum atomic E-state index is 13.9. The van der Waals surface area contributed by atoms with E-state index >= 15 is 0 Å². The second-order valence-corrected chi connectivity index (χ2v) is 13.3. The molecule has 2 aromatic carbocycles. The number of esters is 1. The lowest BCUT2D eigenvalue weighted by atomic mass is 9.80. The predicted octanol–water partition coefficient (Wildman–Crippen LogP) is 8.72. The van der Waals surface area contributed by atoms with Gasteiger partial charge in [-0.1, -0.05) is 19.1 Å². The summed E-state index contributed by atoms with van der Waals surface area (Å²) in [6.07, 6.45) is -2.62. The highest BCUT2D eigenvalue weighted by molar-refractivity contribution is 5.73. The predicted molar refractivity (Wildman–Crippen MR) is 152 cm³/mol. The highest BCUT2D eigenvalue weighted by Gasteiger charge is 2.48. The summed E-state index contributed by atoms with van der Waals surface area (Å²) in [5.41, 5.74) is -0.176. The van der Waals surface area contributed by atoms with Crippen LogP contribution in [0.15, 0.2) is 36.4 Å². The first-order valence-electron chi connectivity index (χ1n) is 15.7. The molecular formula is C34H39F6NO3. The number of rotatable bonds is 7. The Bertz CT molecular complexity index is 1370. The third-order valence-corrected chi connectivity index (χ3v) is 10.6. The number of carbonyl (C=O) groups is 1. The molecule has 3 heterocycles. The van der Waals surface area contributed by atoms with Gasteiger partial charge in [-0.05, 0) is 117 Å². The van der Waals surface area contributed by atoms with Crippen molar-refractivity contribution in [1.82, 2.24) is 4.90 Å². The Kier molecular flexibility index (Phi) is 8.21. The van der Waals surface area contributed by atoms with E-state index in [0.29, 0.717) is 24.1 Å². The minimum atomic E-state index is -4.75. The fraction of sp³-hybridized carbons (Fsp3) is 0.618. The van der Waals surface area contributed by atoms with E-state index in [9.17, 15) is 31.1 Å². The van der Waals surface area contributed by atoms with Gasteiger partial charge in [0, 0.05) is 18.1 Å². The van der Waals surface area contributed by atoms with Crippen molar-refractivity contribution in [1.29, 1.82) is 0 Å². The molecule has 3 aliphatic heterocycles. The Morgan fingerprint density at radius 2 is 1.59 bits per heavy atom. The molecule has 44 heavy (non-hydrogen) atoms. The summed E-state index contributed by atoms with van der Waals surface area (Å²) >= 11 is 0. The van der Waals surface area contributed by atoms with Crippen LogP contribution in [0.1, 0.15) is 98.6 Å². The summed E-state index contributed by atoms with van der Waals surface area (Å²) < 4.78 is 94.0. The second-order valence-electron chi connectivity index (χ2n) is 13.3. The van der Waals surface area contributed by atoms with E-state index in [1.54, 1.807) is 6.92 Å². The van der Waals surface area contributed by atoms with E-state index in [2.05, 4.69) is 18.2 Å². The van der Waals surface area contributed by atoms with Crippen molar-refractivity contribution in [2.45, 2.75) is 108 Å². The van der Waals surface area contributed by atoms with Crippen molar-refractivity contribution < 1.29 is 40.6 Å². The van der Waals surface area contributed by atoms with Gasteiger partial charge in [-0.25, -0.2) is 0 Å². The molecule has 0 amide bonds. The molecule has 2 bridgehead atoms. The zero-order chi connectivity index (χ0) is 31.6. The number of methoxy groups -OCH3 is 1. The molecule has 4 unspecified atom stereocenters. The first-order chi connectivity index (χ1) is 20.8. The van der Waals surface area contributed by atoms with Crippen molar-refractivity contribution in [2.75, 3.05) is 7.11 Å². The first-order valence-corrected chi connectivity index (χ1v) is 15.7. The summed E-state index contributed by atoms with van der Waals surface area (Å²) in [4.78, 5) is 14.4. The number of alkyl halides is 6. The van der Waals surface area contributed by atoms with Crippen LogP contribution in [0.2, 0.25) is 0 Å². The van der Waals surface area contributed by atoms with E-state index in [1.165, 1.54) is 7.11 Å². The zero-order valence-electron chi connectivity index (χ0n) is 25.2. The van der Waals surface area contributed by atoms with E-state index < -0.39 is 29.5 Å². The first kappa shape index (κ1) is 31.2. The van der Waals surface area contributed by atoms with Gasteiger partial charge in [0.2, 0.25) is 0 Å². The van der Waals surface area contributed by atoms with Crippen molar-refractivity contribution in [3.8, 4) is 5.75 Å². The molecule has 3 fully saturated rings. The molecule has 0 N–H and O–H groups in total. The largest absolute Gasteiger partial charge is 0.490 e. The van der Waals surface area contributed by atoms with Crippen LogP contribution in [-0.4, -0.2) is 36.2 Å². The number of benzene rings is 2. The fourth-order valence-corrected chi connectivity index (χ4v) is 8.40. The SMILES string of the molecule is COC(=O)C(C)C(c1ccc2c(c1)OC(C1C[C@H]3CC[C@@H](C1)N3[C@@H](C)c1cc(C(F)(F)F)ccc1C(F)(F)F)CC2)C1CC1. The van der Waals surface area contributed by atoms with Gasteiger partial charge in [0.05, 0.1) is 24.2 Å². The molecule has 0 aromatic heterocycles. The Morgan fingerprint density at radius 1 is 0.909 bits per heavy atom. The van der Waals surface area contributed by atoms with Crippen LogP contribution in [-0.2, 0) is 28.3 Å². The van der Waals surface area contributed by atoms with Gasteiger partial charge in [-0.2, -0.15) is 26.3 Å². The molecule has 4 aliphatic rings. The normalized spacial score (nSPS) is 27.7. The maximum Gasteiger partial charge on any atom is 0.416 e. The molecular weight excluding hydrogens is 584 g/mol. The van der Waals surface area contributed by atoms with Crippen LogP contribution in [0.5, 0.6) is 5.75 Å². The van der Waals surface area contributed by atoms with Gasteiger partial charge in [0.1, 0.15) is 11.9 Å². The van der Waals surface area contributed by atoms with E-state index in [4.69, 9.17) is 9.47 Å².